The zero-order valence-electron chi connectivity index (χ0n) is 16.3. The molecule has 1 fully saturated rings. The van der Waals surface area contributed by atoms with E-state index in [0.717, 1.165) is 5.56 Å². The Hall–Kier alpha value is -2.26. The van der Waals surface area contributed by atoms with Crippen molar-refractivity contribution in [1.82, 2.24) is 19.6 Å². The predicted molar refractivity (Wildman–Crippen MR) is 110 cm³/mol. The summed E-state index contributed by atoms with van der Waals surface area (Å²) in [4.78, 5) is 8.99. The number of rotatable bonds is 6. The van der Waals surface area contributed by atoms with Crippen molar-refractivity contribution < 1.29 is 14.9 Å². The van der Waals surface area contributed by atoms with Gasteiger partial charge in [-0.05, 0) is 44.7 Å². The molecule has 0 bridgehead atoms. The molecular formula is C20H24ClN5O3. The molecule has 3 aromatic rings. The summed E-state index contributed by atoms with van der Waals surface area (Å²) in [6.45, 7) is 3.28. The number of benzene rings is 1. The number of aliphatic hydroxyl groups is 2. The van der Waals surface area contributed by atoms with Crippen LogP contribution in [0.5, 0.6) is 0 Å². The monoisotopic (exact) mass is 417 g/mol. The van der Waals surface area contributed by atoms with Gasteiger partial charge in [-0.25, -0.2) is 9.97 Å². The predicted octanol–water partition coefficient (Wildman–Crippen LogP) is 2.74. The normalized spacial score (nSPS) is 22.3. The first-order valence-corrected chi connectivity index (χ1v) is 9.95. The van der Waals surface area contributed by atoms with Crippen LogP contribution >= 0.6 is 11.6 Å². The van der Waals surface area contributed by atoms with Crippen molar-refractivity contribution >= 4 is 23.2 Å². The Morgan fingerprint density at radius 1 is 1.31 bits per heavy atom. The van der Waals surface area contributed by atoms with Crippen molar-refractivity contribution in [1.29, 1.82) is 0 Å². The van der Waals surface area contributed by atoms with Gasteiger partial charge in [0.1, 0.15) is 0 Å². The second kappa shape index (κ2) is 7.87. The molecule has 154 valence electrons. The average molecular weight is 418 g/mol. The lowest BCUT2D eigenvalue weighted by molar-refractivity contribution is -0.205. The lowest BCUT2D eigenvalue weighted by atomic mass is 10.1. The topological polar surface area (TPSA) is 105 Å². The van der Waals surface area contributed by atoms with Crippen molar-refractivity contribution in [2.45, 2.75) is 44.6 Å². The van der Waals surface area contributed by atoms with Gasteiger partial charge in [0, 0.05) is 29.5 Å². The highest BCUT2D eigenvalue weighted by molar-refractivity contribution is 6.30. The highest BCUT2D eigenvalue weighted by atomic mass is 35.5. The lowest BCUT2D eigenvalue weighted by Crippen LogP contribution is -2.38. The van der Waals surface area contributed by atoms with E-state index in [9.17, 15) is 10.2 Å². The molecule has 4 rings (SSSR count). The second-order valence-corrected chi connectivity index (χ2v) is 8.29. The minimum atomic E-state index is -1.26. The fourth-order valence-corrected chi connectivity index (χ4v) is 3.92. The summed E-state index contributed by atoms with van der Waals surface area (Å²) in [7, 11) is 0. The van der Waals surface area contributed by atoms with Crippen LogP contribution < -0.4 is 5.32 Å². The van der Waals surface area contributed by atoms with Gasteiger partial charge in [-0.2, -0.15) is 4.52 Å². The van der Waals surface area contributed by atoms with E-state index < -0.39 is 5.79 Å². The molecule has 0 aliphatic heterocycles. The maximum atomic E-state index is 10.1. The fraction of sp³-hybridized carbons (Fsp3) is 0.450. The van der Waals surface area contributed by atoms with E-state index in [2.05, 4.69) is 20.4 Å². The van der Waals surface area contributed by atoms with Crippen LogP contribution in [-0.2, 0) is 4.74 Å². The van der Waals surface area contributed by atoms with Crippen LogP contribution in [0, 0.1) is 5.92 Å². The summed E-state index contributed by atoms with van der Waals surface area (Å²) in [6, 6.07) is 9.02. The van der Waals surface area contributed by atoms with Crippen LogP contribution in [0.15, 0.2) is 36.5 Å². The van der Waals surface area contributed by atoms with Crippen LogP contribution in [0.4, 0.5) is 5.95 Å². The van der Waals surface area contributed by atoms with Crippen molar-refractivity contribution in [3.05, 3.63) is 41.6 Å². The number of ether oxygens (including phenoxy) is 1. The van der Waals surface area contributed by atoms with E-state index in [-0.39, 0.29) is 24.7 Å². The Morgan fingerprint density at radius 2 is 2.14 bits per heavy atom. The van der Waals surface area contributed by atoms with E-state index in [0.29, 0.717) is 35.3 Å². The van der Waals surface area contributed by atoms with Crippen molar-refractivity contribution in [3.8, 4) is 11.4 Å². The fourth-order valence-electron chi connectivity index (χ4n) is 3.73. The van der Waals surface area contributed by atoms with Crippen molar-refractivity contribution in [3.63, 3.8) is 0 Å². The van der Waals surface area contributed by atoms with Crippen LogP contribution in [0.1, 0.15) is 26.7 Å². The second-order valence-electron chi connectivity index (χ2n) is 7.86. The first-order valence-electron chi connectivity index (χ1n) is 9.58. The summed E-state index contributed by atoms with van der Waals surface area (Å²) >= 11 is 6.09. The molecule has 2 aromatic heterocycles. The molecule has 29 heavy (non-hydrogen) atoms. The number of nitrogens with zero attached hydrogens (tertiary/aromatic N) is 4. The first-order chi connectivity index (χ1) is 13.8. The molecule has 0 spiro atoms. The zero-order valence-corrected chi connectivity index (χ0v) is 17.0. The number of hydrogen-bond donors (Lipinski definition) is 3. The van der Waals surface area contributed by atoms with Crippen LogP contribution in [0.25, 0.3) is 17.0 Å². The largest absolute Gasteiger partial charge is 0.396 e. The number of aliphatic hydroxyl groups excluding tert-OH is 1. The maximum absolute atomic E-state index is 10.1. The molecule has 3 atom stereocenters. The average Bonchev–Trinajstić information content (AvgIpc) is 3.25. The standard InChI is InChI=1S/C20H24ClN5O3/c1-20(2,28)29-16-9-12(11-27)8-15(16)23-19-22-7-6-17-24-18(25-26(17)19)13-4-3-5-14(21)10-13/h3-7,10,12,15-16,27-28H,8-9,11H2,1-2H3,(H,22,23)/t12-,15+,16?/m0/s1. The van der Waals surface area contributed by atoms with Gasteiger partial charge >= 0.3 is 0 Å². The van der Waals surface area contributed by atoms with E-state index in [1.54, 1.807) is 36.7 Å². The highest BCUT2D eigenvalue weighted by Crippen LogP contribution is 2.32. The smallest absolute Gasteiger partial charge is 0.226 e. The van der Waals surface area contributed by atoms with Gasteiger partial charge in [0.25, 0.3) is 0 Å². The summed E-state index contributed by atoms with van der Waals surface area (Å²) < 4.78 is 7.45. The minimum absolute atomic E-state index is 0.0732. The Bertz CT molecular complexity index is 1000. The number of nitrogens with one attached hydrogen (secondary N) is 1. The van der Waals surface area contributed by atoms with Gasteiger partial charge in [-0.1, -0.05) is 23.7 Å². The molecule has 1 aliphatic carbocycles. The van der Waals surface area contributed by atoms with Gasteiger partial charge in [-0.3, -0.25) is 0 Å². The van der Waals surface area contributed by atoms with E-state index >= 15 is 0 Å². The Kier molecular flexibility index (Phi) is 5.44. The third-order valence-electron chi connectivity index (χ3n) is 4.95. The minimum Gasteiger partial charge on any atom is -0.396 e. The third kappa shape index (κ3) is 4.51. The molecule has 3 N–H and O–H groups in total. The molecule has 0 saturated heterocycles. The molecule has 2 heterocycles. The van der Waals surface area contributed by atoms with Crippen molar-refractivity contribution in [2.24, 2.45) is 5.92 Å². The number of hydrogen-bond acceptors (Lipinski definition) is 7. The molecule has 1 aliphatic rings. The molecular weight excluding hydrogens is 394 g/mol. The van der Waals surface area contributed by atoms with Crippen LogP contribution in [0.2, 0.25) is 5.02 Å². The molecule has 0 radical (unpaired) electrons. The van der Waals surface area contributed by atoms with Gasteiger partial charge in [0.2, 0.25) is 5.95 Å². The van der Waals surface area contributed by atoms with Gasteiger partial charge in [0.05, 0.1) is 12.1 Å². The molecule has 0 amide bonds. The highest BCUT2D eigenvalue weighted by Gasteiger charge is 2.38. The number of halogens is 1. The molecule has 1 unspecified atom stereocenters. The lowest BCUT2D eigenvalue weighted by Gasteiger charge is -2.28. The Morgan fingerprint density at radius 3 is 2.86 bits per heavy atom. The summed E-state index contributed by atoms with van der Waals surface area (Å²) in [5, 5.41) is 28.2. The number of anilines is 1. The molecule has 1 saturated carbocycles. The van der Waals surface area contributed by atoms with Crippen molar-refractivity contribution in [2.75, 3.05) is 11.9 Å². The SMILES string of the molecule is CC(C)(O)OC1C[C@@H](CO)C[C@H]1Nc1nccc2nc(-c3cccc(Cl)c3)nn12. The number of aromatic nitrogens is 4. The van der Waals surface area contributed by atoms with E-state index in [4.69, 9.17) is 16.3 Å². The van der Waals surface area contributed by atoms with Gasteiger partial charge < -0.3 is 20.3 Å². The summed E-state index contributed by atoms with van der Waals surface area (Å²) in [6.07, 6.45) is 2.75. The first kappa shape index (κ1) is 20.0. The zero-order chi connectivity index (χ0) is 20.6. The van der Waals surface area contributed by atoms with E-state index in [1.165, 1.54) is 0 Å². The van der Waals surface area contributed by atoms with E-state index in [1.807, 2.05) is 18.2 Å². The Labute approximate surface area is 173 Å². The summed E-state index contributed by atoms with van der Waals surface area (Å²) in [5.41, 5.74) is 1.46. The van der Waals surface area contributed by atoms with Gasteiger partial charge in [0.15, 0.2) is 17.3 Å². The Balaban J connectivity index is 1.63. The maximum Gasteiger partial charge on any atom is 0.226 e. The van der Waals surface area contributed by atoms with Gasteiger partial charge in [-0.15, -0.1) is 5.10 Å². The third-order valence-corrected chi connectivity index (χ3v) is 5.19. The molecule has 8 nitrogen and oxygen atoms in total. The van der Waals surface area contributed by atoms with Crippen LogP contribution in [-0.4, -0.2) is 54.3 Å². The molecule has 9 heteroatoms. The number of fused-ring (bicyclic) bond motifs is 1. The quantitative estimate of drug-likeness (QED) is 0.529. The van der Waals surface area contributed by atoms with Crippen LogP contribution in [0.3, 0.4) is 0 Å². The summed E-state index contributed by atoms with van der Waals surface area (Å²) in [5.74, 6) is -0.0954. The molecule has 1 aromatic carbocycles.